The van der Waals surface area contributed by atoms with Crippen molar-refractivity contribution in [3.63, 3.8) is 0 Å². The first-order valence-corrected chi connectivity index (χ1v) is 4.91. The lowest BCUT2D eigenvalue weighted by atomic mass is 10.4. The molecule has 0 saturated carbocycles. The predicted molar refractivity (Wildman–Crippen MR) is 60.5 cm³/mol. The third kappa shape index (κ3) is 3.20. The number of aromatic nitrogens is 3. The molecule has 0 spiro atoms. The van der Waals surface area contributed by atoms with E-state index in [1.165, 1.54) is 19.3 Å². The van der Waals surface area contributed by atoms with Crippen molar-refractivity contribution in [1.82, 2.24) is 15.0 Å². The molecule has 1 rings (SSSR count). The Labute approximate surface area is 94.8 Å². The van der Waals surface area contributed by atoms with Crippen LogP contribution in [0.4, 0.5) is 11.9 Å². The van der Waals surface area contributed by atoms with Gasteiger partial charge in [-0.15, -0.1) is 0 Å². The number of nitrogens with one attached hydrogen (secondary N) is 1. The molecule has 1 aromatic rings. The maximum atomic E-state index is 4.99. The fourth-order valence-corrected chi connectivity index (χ4v) is 0.982. The van der Waals surface area contributed by atoms with Gasteiger partial charge in [-0.25, -0.2) is 5.06 Å². The summed E-state index contributed by atoms with van der Waals surface area (Å²) in [4.78, 5) is 17.3. The van der Waals surface area contributed by atoms with Crippen LogP contribution in [-0.2, 0) is 4.84 Å². The minimum Gasteiger partial charge on any atom is -0.467 e. The topological polar surface area (TPSA) is 72.4 Å². The van der Waals surface area contributed by atoms with Crippen molar-refractivity contribution in [3.8, 4) is 6.01 Å². The fraction of sp³-hybridized carbons (Fsp3) is 0.667. The Hall–Kier alpha value is -1.63. The van der Waals surface area contributed by atoms with Gasteiger partial charge in [-0.2, -0.15) is 15.0 Å². The van der Waals surface area contributed by atoms with Crippen LogP contribution < -0.4 is 15.1 Å². The lowest BCUT2D eigenvalue weighted by Crippen LogP contribution is -2.20. The molecule has 7 heteroatoms. The molecule has 0 aliphatic heterocycles. The van der Waals surface area contributed by atoms with Crippen LogP contribution in [0.5, 0.6) is 6.01 Å². The third-order valence-corrected chi connectivity index (χ3v) is 1.76. The van der Waals surface area contributed by atoms with Gasteiger partial charge in [-0.1, -0.05) is 0 Å². The van der Waals surface area contributed by atoms with Gasteiger partial charge in [0.05, 0.1) is 14.2 Å². The monoisotopic (exact) mass is 227 g/mol. The number of methoxy groups -OCH3 is 1. The molecule has 0 radical (unpaired) electrons. The normalized spacial score (nSPS) is 10.4. The molecule has 90 valence electrons. The van der Waals surface area contributed by atoms with Crippen molar-refractivity contribution in [2.45, 2.75) is 19.9 Å². The maximum Gasteiger partial charge on any atom is 0.322 e. The Balaban J connectivity index is 3.00. The van der Waals surface area contributed by atoms with Gasteiger partial charge in [-0.05, 0) is 13.8 Å². The highest BCUT2D eigenvalue weighted by atomic mass is 16.7. The van der Waals surface area contributed by atoms with E-state index in [0.717, 1.165) is 0 Å². The first-order chi connectivity index (χ1) is 7.56. The SMILES string of the molecule is COc1nc(NC(C)C)nc(N(C)OC)n1. The van der Waals surface area contributed by atoms with Crippen LogP contribution in [0.2, 0.25) is 0 Å². The maximum absolute atomic E-state index is 4.99. The molecular formula is C9H17N5O2. The number of hydroxylamine groups is 1. The molecule has 0 atom stereocenters. The minimum absolute atomic E-state index is 0.229. The summed E-state index contributed by atoms with van der Waals surface area (Å²) in [6.07, 6.45) is 0. The molecule has 0 aliphatic carbocycles. The molecule has 0 amide bonds. The summed E-state index contributed by atoms with van der Waals surface area (Å²) in [7, 11) is 4.74. The quantitative estimate of drug-likeness (QED) is 0.742. The standard InChI is InChI=1S/C9H17N5O2/c1-6(2)10-7-11-8(14(3)16-5)13-9(12-7)15-4/h6H,1-5H3,(H,10,11,12,13). The van der Waals surface area contributed by atoms with Crippen LogP contribution in [0.1, 0.15) is 13.8 Å². The van der Waals surface area contributed by atoms with E-state index in [0.29, 0.717) is 11.9 Å². The first kappa shape index (κ1) is 12.4. The van der Waals surface area contributed by atoms with E-state index in [9.17, 15) is 0 Å². The minimum atomic E-state index is 0.229. The van der Waals surface area contributed by atoms with Gasteiger partial charge in [0.15, 0.2) is 0 Å². The predicted octanol–water partition coefficient (Wildman–Crippen LogP) is 0.698. The number of hydrogen-bond acceptors (Lipinski definition) is 7. The Bertz CT molecular complexity index is 345. The zero-order valence-electron chi connectivity index (χ0n) is 10.2. The summed E-state index contributed by atoms with van der Waals surface area (Å²) in [6, 6.07) is 0.477. The summed E-state index contributed by atoms with van der Waals surface area (Å²) in [5.41, 5.74) is 0. The fourth-order valence-electron chi connectivity index (χ4n) is 0.982. The number of ether oxygens (including phenoxy) is 1. The number of nitrogens with zero attached hydrogens (tertiary/aromatic N) is 4. The molecule has 0 aromatic carbocycles. The molecule has 0 aliphatic rings. The molecule has 0 fully saturated rings. The van der Waals surface area contributed by atoms with Gasteiger partial charge in [-0.3, -0.25) is 4.84 Å². The van der Waals surface area contributed by atoms with Gasteiger partial charge in [0, 0.05) is 13.1 Å². The Kier molecular flexibility index (Phi) is 4.24. The lowest BCUT2D eigenvalue weighted by molar-refractivity contribution is 0.179. The van der Waals surface area contributed by atoms with E-state index >= 15 is 0 Å². The summed E-state index contributed by atoms with van der Waals surface area (Å²) in [6.45, 7) is 3.99. The Morgan fingerprint density at radius 2 is 1.88 bits per heavy atom. The van der Waals surface area contributed by atoms with Gasteiger partial charge >= 0.3 is 6.01 Å². The van der Waals surface area contributed by atoms with Gasteiger partial charge in [0.1, 0.15) is 0 Å². The first-order valence-electron chi connectivity index (χ1n) is 4.91. The molecule has 1 heterocycles. The molecule has 7 nitrogen and oxygen atoms in total. The second kappa shape index (κ2) is 5.45. The zero-order valence-corrected chi connectivity index (χ0v) is 10.2. The van der Waals surface area contributed by atoms with Crippen molar-refractivity contribution in [1.29, 1.82) is 0 Å². The highest BCUT2D eigenvalue weighted by molar-refractivity contribution is 5.36. The molecule has 1 N–H and O–H groups in total. The number of hydrogen-bond donors (Lipinski definition) is 1. The lowest BCUT2D eigenvalue weighted by Gasteiger charge is -2.15. The molecule has 0 unspecified atom stereocenters. The molecular weight excluding hydrogens is 210 g/mol. The van der Waals surface area contributed by atoms with Crippen molar-refractivity contribution in [3.05, 3.63) is 0 Å². The number of anilines is 2. The van der Waals surface area contributed by atoms with Crippen LogP contribution >= 0.6 is 0 Å². The van der Waals surface area contributed by atoms with Crippen LogP contribution in [0.3, 0.4) is 0 Å². The largest absolute Gasteiger partial charge is 0.467 e. The Morgan fingerprint density at radius 3 is 2.38 bits per heavy atom. The second-order valence-corrected chi connectivity index (χ2v) is 3.42. The summed E-state index contributed by atoms with van der Waals surface area (Å²) in [5, 5.41) is 4.50. The van der Waals surface area contributed by atoms with Crippen LogP contribution in [-0.4, -0.2) is 42.3 Å². The Morgan fingerprint density at radius 1 is 1.19 bits per heavy atom. The summed E-state index contributed by atoms with van der Waals surface area (Å²) in [5.74, 6) is 0.846. The average Bonchev–Trinajstić information content (AvgIpc) is 2.26. The summed E-state index contributed by atoms with van der Waals surface area (Å²) >= 11 is 0. The van der Waals surface area contributed by atoms with E-state index in [1.54, 1.807) is 7.05 Å². The van der Waals surface area contributed by atoms with Crippen LogP contribution in [0, 0.1) is 0 Å². The highest BCUT2D eigenvalue weighted by Crippen LogP contribution is 2.13. The van der Waals surface area contributed by atoms with Crippen LogP contribution in [0.25, 0.3) is 0 Å². The van der Waals surface area contributed by atoms with E-state index in [2.05, 4.69) is 20.3 Å². The van der Waals surface area contributed by atoms with Gasteiger partial charge in [0.2, 0.25) is 5.95 Å². The van der Waals surface area contributed by atoms with Gasteiger partial charge in [0.25, 0.3) is 5.95 Å². The van der Waals surface area contributed by atoms with E-state index in [1.807, 2.05) is 13.8 Å². The average molecular weight is 227 g/mol. The van der Waals surface area contributed by atoms with E-state index in [-0.39, 0.29) is 12.1 Å². The van der Waals surface area contributed by atoms with E-state index < -0.39 is 0 Å². The second-order valence-electron chi connectivity index (χ2n) is 3.42. The molecule has 1 aromatic heterocycles. The van der Waals surface area contributed by atoms with Crippen molar-refractivity contribution < 1.29 is 9.57 Å². The highest BCUT2D eigenvalue weighted by Gasteiger charge is 2.10. The van der Waals surface area contributed by atoms with E-state index in [4.69, 9.17) is 9.57 Å². The van der Waals surface area contributed by atoms with Crippen molar-refractivity contribution >= 4 is 11.9 Å². The zero-order chi connectivity index (χ0) is 12.1. The smallest absolute Gasteiger partial charge is 0.322 e. The van der Waals surface area contributed by atoms with Crippen LogP contribution in [0.15, 0.2) is 0 Å². The molecule has 16 heavy (non-hydrogen) atoms. The van der Waals surface area contributed by atoms with Crippen molar-refractivity contribution in [2.24, 2.45) is 0 Å². The van der Waals surface area contributed by atoms with Crippen molar-refractivity contribution in [2.75, 3.05) is 31.6 Å². The third-order valence-electron chi connectivity index (χ3n) is 1.76. The summed E-state index contributed by atoms with van der Waals surface area (Å²) < 4.78 is 4.99. The van der Waals surface area contributed by atoms with Gasteiger partial charge < -0.3 is 10.1 Å². The number of rotatable bonds is 5. The molecule has 0 bridgehead atoms. The molecule has 0 saturated heterocycles.